The molecule has 8 heteroatoms. The largest absolute Gasteiger partial charge is 0.507 e. The Hall–Kier alpha value is -3.55. The number of aromatic carboxylic acids is 1. The first-order valence-electron chi connectivity index (χ1n) is 15.1. The first kappa shape index (κ1) is 31.4. The van der Waals surface area contributed by atoms with E-state index in [1.807, 2.05) is 36.4 Å². The fourth-order valence-electron chi connectivity index (χ4n) is 6.24. The summed E-state index contributed by atoms with van der Waals surface area (Å²) >= 11 is 0. The van der Waals surface area contributed by atoms with Crippen molar-refractivity contribution in [3.63, 3.8) is 0 Å². The van der Waals surface area contributed by atoms with Crippen molar-refractivity contribution in [1.82, 2.24) is 4.90 Å². The molecule has 1 amide bonds. The molecule has 1 atom stereocenters. The number of likely N-dealkylation sites (tertiary alicyclic amines) is 1. The molecule has 0 aromatic heterocycles. The Morgan fingerprint density at radius 3 is 2.10 bits per heavy atom. The average Bonchev–Trinajstić information content (AvgIpc) is 2.94. The van der Waals surface area contributed by atoms with Gasteiger partial charge >= 0.3 is 5.97 Å². The highest BCUT2D eigenvalue weighted by molar-refractivity contribution is 6.10. The lowest BCUT2D eigenvalue weighted by Crippen LogP contribution is -2.50. The average molecular weight is 592 g/mol. The smallest absolute Gasteiger partial charge is 0.337 e. The first-order chi connectivity index (χ1) is 20.0. The molecule has 224 valence electrons. The molecule has 5 rings (SSSR count). The van der Waals surface area contributed by atoms with Crippen LogP contribution in [0.5, 0.6) is 5.75 Å². The van der Waals surface area contributed by atoms with Gasteiger partial charge in [-0.2, -0.15) is 0 Å². The number of nitrogens with zero attached hydrogens (tertiary/aromatic N) is 2. The summed E-state index contributed by atoms with van der Waals surface area (Å²) in [6, 6.07) is 19.8. The van der Waals surface area contributed by atoms with Crippen molar-refractivity contribution in [3.05, 3.63) is 77.9 Å². The van der Waals surface area contributed by atoms with Crippen molar-refractivity contribution in [2.24, 2.45) is 0 Å². The highest BCUT2D eigenvalue weighted by Gasteiger charge is 2.28. The maximum absolute atomic E-state index is 13.6. The van der Waals surface area contributed by atoms with Crippen LogP contribution in [0.1, 0.15) is 84.9 Å². The number of aromatic hydroxyl groups is 1. The summed E-state index contributed by atoms with van der Waals surface area (Å²) in [6.45, 7) is 3.07. The maximum Gasteiger partial charge on any atom is 0.337 e. The van der Waals surface area contributed by atoms with Crippen molar-refractivity contribution >= 4 is 35.7 Å². The molecule has 0 spiro atoms. The van der Waals surface area contributed by atoms with Gasteiger partial charge in [-0.05, 0) is 67.1 Å². The molecule has 3 aromatic carbocycles. The van der Waals surface area contributed by atoms with Crippen molar-refractivity contribution in [2.75, 3.05) is 29.9 Å². The van der Waals surface area contributed by atoms with Crippen molar-refractivity contribution in [1.29, 1.82) is 0 Å². The number of rotatable bonds is 6. The minimum Gasteiger partial charge on any atom is -0.507 e. The van der Waals surface area contributed by atoms with Crippen LogP contribution in [0.3, 0.4) is 0 Å². The summed E-state index contributed by atoms with van der Waals surface area (Å²) < 4.78 is 0. The molecular formula is C34H42ClN3O4. The minimum atomic E-state index is -1.13. The lowest BCUT2D eigenvalue weighted by atomic mass is 10.0. The van der Waals surface area contributed by atoms with Crippen LogP contribution in [0.15, 0.2) is 66.7 Å². The summed E-state index contributed by atoms with van der Waals surface area (Å²) in [4.78, 5) is 30.6. The van der Waals surface area contributed by atoms with Gasteiger partial charge in [0.2, 0.25) is 0 Å². The van der Waals surface area contributed by atoms with E-state index >= 15 is 0 Å². The van der Waals surface area contributed by atoms with Crippen LogP contribution >= 0.6 is 12.4 Å². The Kier molecular flexibility index (Phi) is 11.3. The molecule has 2 aliphatic heterocycles. The highest BCUT2D eigenvalue weighted by Crippen LogP contribution is 2.32. The zero-order valence-corrected chi connectivity index (χ0v) is 25.0. The van der Waals surface area contributed by atoms with Crippen molar-refractivity contribution < 1.29 is 19.8 Å². The number of hydrogen-bond acceptors (Lipinski definition) is 5. The van der Waals surface area contributed by atoms with Crippen LogP contribution in [0.2, 0.25) is 0 Å². The molecule has 3 aromatic rings. The van der Waals surface area contributed by atoms with E-state index in [0.29, 0.717) is 0 Å². The van der Waals surface area contributed by atoms with Crippen molar-refractivity contribution in [2.45, 2.75) is 70.4 Å². The van der Waals surface area contributed by atoms with Crippen LogP contribution in [-0.4, -0.2) is 52.8 Å². The number of carbonyl (C=O) groups excluding carboxylic acids is 1. The van der Waals surface area contributed by atoms with Gasteiger partial charge in [-0.15, -0.1) is 12.4 Å². The molecule has 0 aliphatic carbocycles. The van der Waals surface area contributed by atoms with Gasteiger partial charge in [-0.1, -0.05) is 74.9 Å². The second-order valence-electron chi connectivity index (χ2n) is 11.3. The molecule has 7 nitrogen and oxygen atoms in total. The molecule has 2 saturated heterocycles. The van der Waals surface area contributed by atoms with Crippen LogP contribution in [0.4, 0.5) is 11.4 Å². The third-order valence-corrected chi connectivity index (χ3v) is 8.44. The number of hydrogen-bond donors (Lipinski definition) is 3. The van der Waals surface area contributed by atoms with Gasteiger partial charge in [0.25, 0.3) is 5.91 Å². The molecule has 3 N–H and O–H groups in total. The zero-order chi connectivity index (χ0) is 28.6. The molecule has 2 fully saturated rings. The molecule has 0 bridgehead atoms. The van der Waals surface area contributed by atoms with E-state index in [4.69, 9.17) is 0 Å². The molecular weight excluding hydrogens is 550 g/mol. The molecule has 0 radical (unpaired) electrons. The predicted octanol–water partition coefficient (Wildman–Crippen LogP) is 7.79. The third-order valence-electron chi connectivity index (χ3n) is 8.44. The number of amides is 1. The first-order valence-corrected chi connectivity index (χ1v) is 15.1. The normalized spacial score (nSPS) is 18.5. The number of phenols is 1. The Labute approximate surface area is 255 Å². The lowest BCUT2D eigenvalue weighted by molar-refractivity contribution is 0.0698. The zero-order valence-electron chi connectivity index (χ0n) is 24.1. The van der Waals surface area contributed by atoms with Gasteiger partial charge in [-0.3, -0.25) is 9.69 Å². The van der Waals surface area contributed by atoms with E-state index in [9.17, 15) is 19.8 Å². The number of carboxylic acids is 1. The highest BCUT2D eigenvalue weighted by atomic mass is 35.5. The summed E-state index contributed by atoms with van der Waals surface area (Å²) in [5, 5.41) is 23.4. The van der Waals surface area contributed by atoms with E-state index in [-0.39, 0.29) is 41.1 Å². The molecule has 2 aliphatic rings. The fraction of sp³-hybridized carbons (Fsp3) is 0.412. The quantitative estimate of drug-likeness (QED) is 0.271. The van der Waals surface area contributed by atoms with E-state index < -0.39 is 11.9 Å². The van der Waals surface area contributed by atoms with Crippen molar-refractivity contribution in [3.8, 4) is 16.9 Å². The van der Waals surface area contributed by atoms with Gasteiger partial charge in [0, 0.05) is 25.3 Å². The number of phenolic OH excluding ortho intramolecular Hbond substituents is 1. The number of carbonyl (C=O) groups is 2. The standard InChI is InChI=1S/C34H41N3O4.ClH/c38-31-19-17-27(37-22-12-5-2-9-15-32(37)36-20-10-3-1-4-11-21-36)24-29(31)33(39)35-30-23-26(16-18-28(30)34(40)41)25-13-7-6-8-14-25;/h6-8,13-14,16-19,23-24,32,38H,1-5,9-12,15,20-22H2,(H,35,39)(H,40,41);1H. The molecule has 2 heterocycles. The molecule has 0 saturated carbocycles. The SMILES string of the molecule is Cl.O=C(Nc1cc(-c2ccccc2)ccc1C(=O)O)c1cc(N2CCCCCCC2N2CCCCCCC2)ccc1O. The second kappa shape index (κ2) is 15.1. The number of nitrogens with one attached hydrogen (secondary N) is 1. The molecule has 42 heavy (non-hydrogen) atoms. The van der Waals surface area contributed by atoms with Gasteiger partial charge in [0.05, 0.1) is 23.0 Å². The van der Waals surface area contributed by atoms with Gasteiger partial charge in [0.15, 0.2) is 0 Å². The summed E-state index contributed by atoms with van der Waals surface area (Å²) in [6.07, 6.45) is 12.3. The summed E-state index contributed by atoms with van der Waals surface area (Å²) in [5.41, 5.74) is 2.95. The minimum absolute atomic E-state index is 0. The Morgan fingerprint density at radius 2 is 1.38 bits per heavy atom. The van der Waals surface area contributed by atoms with Gasteiger partial charge in [-0.25, -0.2) is 4.79 Å². The second-order valence-corrected chi connectivity index (χ2v) is 11.3. The Bertz CT molecular complexity index is 1340. The van der Waals surface area contributed by atoms with Gasteiger partial charge < -0.3 is 20.4 Å². The van der Waals surface area contributed by atoms with Crippen LogP contribution < -0.4 is 10.2 Å². The Morgan fingerprint density at radius 1 is 0.714 bits per heavy atom. The molecule has 1 unspecified atom stereocenters. The topological polar surface area (TPSA) is 93.1 Å². The summed E-state index contributed by atoms with van der Waals surface area (Å²) in [5.74, 6) is -1.79. The third kappa shape index (κ3) is 7.64. The number of anilines is 2. The van der Waals surface area contributed by atoms with E-state index in [2.05, 4.69) is 15.1 Å². The number of carboxylic acid groups (broad SMARTS) is 1. The summed E-state index contributed by atoms with van der Waals surface area (Å²) in [7, 11) is 0. The van der Waals surface area contributed by atoms with Crippen LogP contribution in [0, 0.1) is 0 Å². The van der Waals surface area contributed by atoms with E-state index in [0.717, 1.165) is 49.3 Å². The fourth-order valence-corrected chi connectivity index (χ4v) is 6.24. The lowest BCUT2D eigenvalue weighted by Gasteiger charge is -2.43. The maximum atomic E-state index is 13.6. The predicted molar refractivity (Wildman–Crippen MR) is 171 cm³/mol. The monoisotopic (exact) mass is 591 g/mol. The van der Waals surface area contributed by atoms with Gasteiger partial charge in [0.1, 0.15) is 5.75 Å². The number of halogens is 1. The van der Waals surface area contributed by atoms with Crippen LogP contribution in [0.25, 0.3) is 11.1 Å². The van der Waals surface area contributed by atoms with E-state index in [1.165, 1.54) is 57.4 Å². The van der Waals surface area contributed by atoms with E-state index in [1.54, 1.807) is 24.3 Å². The Balaban J connectivity index is 0.00000405. The van der Waals surface area contributed by atoms with Crippen LogP contribution in [-0.2, 0) is 0 Å². The number of benzene rings is 3.